The molecule has 0 aliphatic carbocycles. The van der Waals surface area contributed by atoms with E-state index in [1.54, 1.807) is 0 Å². The van der Waals surface area contributed by atoms with Gasteiger partial charge >= 0.3 is 181 Å². The Morgan fingerprint density at radius 3 is 1.71 bits per heavy atom. The number of hydrogen-bond donors (Lipinski definition) is 0. The zero-order chi connectivity index (χ0) is 19.9. The van der Waals surface area contributed by atoms with Crippen LogP contribution < -0.4 is 30.8 Å². The van der Waals surface area contributed by atoms with Gasteiger partial charge in [0.1, 0.15) is 0 Å². The van der Waals surface area contributed by atoms with E-state index in [1.807, 2.05) is 12.1 Å². The summed E-state index contributed by atoms with van der Waals surface area (Å²) in [5.74, 6) is 1.75. The summed E-state index contributed by atoms with van der Waals surface area (Å²) < 4.78 is 8.57. The predicted octanol–water partition coefficient (Wildman–Crippen LogP) is 3.66. The van der Waals surface area contributed by atoms with Crippen LogP contribution in [-0.2, 0) is 4.89 Å². The number of benzene rings is 2. The van der Waals surface area contributed by atoms with Crippen molar-refractivity contribution >= 4 is 0 Å². The van der Waals surface area contributed by atoms with Crippen molar-refractivity contribution in [1.29, 1.82) is 0 Å². The van der Waals surface area contributed by atoms with Gasteiger partial charge in [-0.05, 0) is 0 Å². The second-order valence-electron chi connectivity index (χ2n) is 6.88. The van der Waals surface area contributed by atoms with E-state index in [0.29, 0.717) is 6.61 Å². The normalized spacial score (nSPS) is 10.9. The van der Waals surface area contributed by atoms with Crippen LogP contribution >= 0.6 is 0 Å². The Labute approximate surface area is 181 Å². The first-order valence-corrected chi connectivity index (χ1v) is 12.7. The Morgan fingerprint density at radius 1 is 0.607 bits per heavy atom. The van der Waals surface area contributed by atoms with Crippen LogP contribution in [0, 0.1) is 7.14 Å². The van der Waals surface area contributed by atoms with Crippen LogP contribution in [0.4, 0.5) is 0 Å². The summed E-state index contributed by atoms with van der Waals surface area (Å²) in [6, 6.07) is 16.8. The fourth-order valence-corrected chi connectivity index (χ4v) is 4.85. The van der Waals surface area contributed by atoms with Gasteiger partial charge in [0.25, 0.3) is 0 Å². The molecule has 0 atom stereocenters. The van der Waals surface area contributed by atoms with Crippen molar-refractivity contribution in [2.45, 2.75) is 65.2 Å². The minimum absolute atomic E-state index is 0.195. The molecular formula is C24H34IO3-. The van der Waals surface area contributed by atoms with E-state index in [0.717, 1.165) is 30.9 Å². The zero-order valence-corrected chi connectivity index (χ0v) is 19.5. The second-order valence-corrected chi connectivity index (χ2v) is 9.91. The van der Waals surface area contributed by atoms with E-state index < -0.39 is 0 Å². The minimum atomic E-state index is -0.195. The van der Waals surface area contributed by atoms with Gasteiger partial charge in [-0.2, -0.15) is 0 Å². The molecule has 2 aromatic carbocycles. The molecule has 0 saturated heterocycles. The molecule has 0 N–H and O–H groups in total. The van der Waals surface area contributed by atoms with E-state index in [2.05, 4.69) is 50.2 Å². The van der Waals surface area contributed by atoms with Crippen molar-refractivity contribution in [3.05, 3.63) is 55.7 Å². The fraction of sp³-hybridized carbons (Fsp3) is 0.500. The molecule has 2 rings (SSSR count). The van der Waals surface area contributed by atoms with Crippen LogP contribution in [0.15, 0.2) is 48.5 Å². The molecule has 0 aromatic heterocycles. The summed E-state index contributed by atoms with van der Waals surface area (Å²) in [7, 11) is 0. The average molecular weight is 497 g/mol. The Bertz CT molecular complexity index is 625. The Hall–Kier alpha value is -1.27. The van der Waals surface area contributed by atoms with Crippen LogP contribution in [0.3, 0.4) is 0 Å². The first-order valence-electron chi connectivity index (χ1n) is 10.6. The van der Waals surface area contributed by atoms with Gasteiger partial charge < -0.3 is 0 Å². The van der Waals surface area contributed by atoms with Gasteiger partial charge in [0.15, 0.2) is 0 Å². The van der Waals surface area contributed by atoms with Crippen LogP contribution in [0.25, 0.3) is 0 Å². The molecular weight excluding hydrogens is 463 g/mol. The van der Waals surface area contributed by atoms with Crippen LogP contribution in [0.2, 0.25) is 0 Å². The number of unbranched alkanes of at least 4 members (excludes halogenated alkanes) is 6. The van der Waals surface area contributed by atoms with Crippen molar-refractivity contribution in [2.24, 2.45) is 0 Å². The topological polar surface area (TPSA) is 27.7 Å². The second kappa shape index (κ2) is 14.7. The van der Waals surface area contributed by atoms with Crippen molar-refractivity contribution in [3.63, 3.8) is 0 Å². The van der Waals surface area contributed by atoms with Crippen LogP contribution in [0.5, 0.6) is 11.5 Å². The quantitative estimate of drug-likeness (QED) is 0.163. The Kier molecular flexibility index (Phi) is 12.1. The summed E-state index contributed by atoms with van der Waals surface area (Å²) in [6.07, 6.45) is 9.69. The summed E-state index contributed by atoms with van der Waals surface area (Å²) in [5, 5.41) is 0. The molecule has 0 radical (unpaired) electrons. The monoisotopic (exact) mass is 497 g/mol. The van der Waals surface area contributed by atoms with Crippen molar-refractivity contribution in [3.8, 4) is 11.5 Å². The molecule has 28 heavy (non-hydrogen) atoms. The maximum absolute atomic E-state index is 5.82. The fourth-order valence-electron chi connectivity index (χ4n) is 2.69. The molecule has 0 fully saturated rings. The molecule has 0 unspecified atom stereocenters. The van der Waals surface area contributed by atoms with Gasteiger partial charge in [-0.25, -0.2) is 0 Å². The standard InChI is InChI=1S/C24H34IO3/c1-3-5-7-9-19-26-23-15-11-21(12-16-23)25-22-13-17-24(18-14-22)28-27-20-10-8-6-4-2/h11-18H,3-10,19-20H2,1-2H3/q-1. The third-order valence-corrected chi connectivity index (χ3v) is 7.03. The molecule has 0 saturated carbocycles. The van der Waals surface area contributed by atoms with Crippen molar-refractivity contribution in [1.82, 2.24) is 0 Å². The van der Waals surface area contributed by atoms with E-state index in [4.69, 9.17) is 14.5 Å². The molecule has 3 nitrogen and oxygen atoms in total. The van der Waals surface area contributed by atoms with Gasteiger partial charge in [0, 0.05) is 0 Å². The van der Waals surface area contributed by atoms with E-state index in [-0.39, 0.29) is 21.2 Å². The number of hydrogen-bond acceptors (Lipinski definition) is 3. The molecule has 4 heteroatoms. The zero-order valence-electron chi connectivity index (χ0n) is 17.3. The summed E-state index contributed by atoms with van der Waals surface area (Å²) in [6.45, 7) is 5.91. The van der Waals surface area contributed by atoms with Gasteiger partial charge in [0.2, 0.25) is 0 Å². The molecule has 2 aromatic rings. The third-order valence-electron chi connectivity index (χ3n) is 4.35. The SMILES string of the molecule is CCCCCCOOc1ccc([I-]c2ccc(OCCCCCC)cc2)cc1. The molecule has 0 aliphatic rings. The summed E-state index contributed by atoms with van der Waals surface area (Å²) in [5.41, 5.74) is 0. The van der Waals surface area contributed by atoms with Crippen LogP contribution in [-0.4, -0.2) is 13.2 Å². The van der Waals surface area contributed by atoms with Gasteiger partial charge in [-0.15, -0.1) is 0 Å². The predicted molar refractivity (Wildman–Crippen MR) is 111 cm³/mol. The van der Waals surface area contributed by atoms with E-state index in [1.165, 1.54) is 45.7 Å². The van der Waals surface area contributed by atoms with Gasteiger partial charge in [0.05, 0.1) is 0 Å². The number of halogens is 1. The molecule has 0 amide bonds. The molecule has 0 spiro atoms. The van der Waals surface area contributed by atoms with Crippen molar-refractivity contribution in [2.75, 3.05) is 13.2 Å². The Morgan fingerprint density at radius 2 is 1.14 bits per heavy atom. The van der Waals surface area contributed by atoms with Crippen LogP contribution in [0.1, 0.15) is 65.2 Å². The third kappa shape index (κ3) is 9.78. The Balaban J connectivity index is 1.68. The van der Waals surface area contributed by atoms with E-state index in [9.17, 15) is 0 Å². The summed E-state index contributed by atoms with van der Waals surface area (Å²) >= 11 is -0.195. The molecule has 0 aliphatic heterocycles. The maximum atomic E-state index is 5.82. The number of ether oxygens (including phenoxy) is 1. The van der Waals surface area contributed by atoms with Gasteiger partial charge in [-0.3, -0.25) is 0 Å². The van der Waals surface area contributed by atoms with Crippen molar-refractivity contribution < 1.29 is 35.7 Å². The first kappa shape index (κ1) is 23.0. The van der Waals surface area contributed by atoms with Gasteiger partial charge in [-0.1, -0.05) is 0 Å². The van der Waals surface area contributed by atoms with E-state index >= 15 is 0 Å². The molecule has 0 bridgehead atoms. The number of rotatable bonds is 15. The first-order chi connectivity index (χ1) is 13.8. The summed E-state index contributed by atoms with van der Waals surface area (Å²) in [4.78, 5) is 10.7. The average Bonchev–Trinajstić information content (AvgIpc) is 2.73. The molecule has 0 heterocycles. The molecule has 156 valence electrons.